The zero-order valence-electron chi connectivity index (χ0n) is 17.7. The van der Waals surface area contributed by atoms with Crippen molar-refractivity contribution in [1.29, 1.82) is 0 Å². The highest BCUT2D eigenvalue weighted by atomic mass is 16.2. The molecule has 7 heteroatoms. The molecule has 0 bridgehead atoms. The summed E-state index contributed by atoms with van der Waals surface area (Å²) < 4.78 is 2.06. The zero-order valence-corrected chi connectivity index (χ0v) is 17.7. The number of hydrogen-bond donors (Lipinski definition) is 2. The van der Waals surface area contributed by atoms with E-state index >= 15 is 0 Å². The summed E-state index contributed by atoms with van der Waals surface area (Å²) in [5, 5.41) is 0. The molecule has 2 N–H and O–H groups in total. The minimum Gasteiger partial charge on any atom is -0.329 e. The first-order chi connectivity index (χ1) is 14.3. The molecule has 3 aromatic rings. The number of Topliss-reactive ketones (excluding diaryl/α,β-unsaturated/α-hetero) is 1. The Morgan fingerprint density at radius 2 is 1.63 bits per heavy atom. The predicted molar refractivity (Wildman–Crippen MR) is 115 cm³/mol. The maximum absolute atomic E-state index is 12.4. The third-order valence-corrected chi connectivity index (χ3v) is 5.24. The fourth-order valence-corrected chi connectivity index (χ4v) is 3.34. The lowest BCUT2D eigenvalue weighted by atomic mass is 10.0. The molecule has 7 nitrogen and oxygen atoms in total. The van der Waals surface area contributed by atoms with Gasteiger partial charge < -0.3 is 4.57 Å². The Hall–Kier alpha value is -3.48. The first-order valence-corrected chi connectivity index (χ1v) is 9.96. The van der Waals surface area contributed by atoms with Crippen LogP contribution in [0, 0.1) is 20.8 Å². The van der Waals surface area contributed by atoms with E-state index in [0.717, 1.165) is 34.5 Å². The van der Waals surface area contributed by atoms with E-state index in [1.54, 1.807) is 18.2 Å². The molecule has 0 spiro atoms. The second-order valence-corrected chi connectivity index (χ2v) is 7.33. The van der Waals surface area contributed by atoms with Crippen molar-refractivity contribution in [1.82, 2.24) is 20.4 Å². The molecule has 0 saturated heterocycles. The van der Waals surface area contributed by atoms with Gasteiger partial charge in [-0.15, -0.1) is 0 Å². The van der Waals surface area contributed by atoms with Gasteiger partial charge in [0.05, 0.1) is 11.0 Å². The van der Waals surface area contributed by atoms with Crippen molar-refractivity contribution in [3.63, 3.8) is 0 Å². The largest absolute Gasteiger partial charge is 0.329 e. The van der Waals surface area contributed by atoms with Crippen LogP contribution in [0.1, 0.15) is 57.4 Å². The van der Waals surface area contributed by atoms with Crippen molar-refractivity contribution in [2.45, 2.75) is 47.1 Å². The molecule has 2 amide bonds. The summed E-state index contributed by atoms with van der Waals surface area (Å²) in [5.41, 5.74) is 9.58. The highest BCUT2D eigenvalue weighted by Crippen LogP contribution is 2.17. The minimum atomic E-state index is -0.436. The van der Waals surface area contributed by atoms with Gasteiger partial charge in [0, 0.05) is 30.5 Å². The number of hydrazine groups is 1. The van der Waals surface area contributed by atoms with Gasteiger partial charge in [0.2, 0.25) is 5.91 Å². The van der Waals surface area contributed by atoms with Crippen molar-refractivity contribution in [3.8, 4) is 0 Å². The number of nitrogens with one attached hydrogen (secondary N) is 2. The quantitative estimate of drug-likeness (QED) is 0.485. The Balaban J connectivity index is 1.54. The lowest BCUT2D eigenvalue weighted by Crippen LogP contribution is -2.41. The molecule has 0 saturated carbocycles. The Kier molecular flexibility index (Phi) is 6.30. The summed E-state index contributed by atoms with van der Waals surface area (Å²) in [6, 6.07) is 10.7. The van der Waals surface area contributed by atoms with Gasteiger partial charge in [-0.2, -0.15) is 0 Å². The number of benzene rings is 2. The fraction of sp³-hybridized carbons (Fsp3) is 0.304. The summed E-state index contributed by atoms with van der Waals surface area (Å²) in [6.45, 7) is 8.68. The number of ketones is 1. The maximum Gasteiger partial charge on any atom is 0.269 e. The molecule has 1 aromatic heterocycles. The Bertz CT molecular complexity index is 1130. The van der Waals surface area contributed by atoms with E-state index in [0.29, 0.717) is 11.1 Å². The van der Waals surface area contributed by atoms with Crippen LogP contribution >= 0.6 is 0 Å². The second-order valence-electron chi connectivity index (χ2n) is 7.33. The van der Waals surface area contributed by atoms with E-state index < -0.39 is 11.8 Å². The molecule has 156 valence electrons. The molecule has 0 aliphatic heterocycles. The summed E-state index contributed by atoms with van der Waals surface area (Å²) in [5.74, 6) is -0.0825. The first-order valence-electron chi connectivity index (χ1n) is 9.96. The van der Waals surface area contributed by atoms with Crippen LogP contribution in [-0.2, 0) is 11.3 Å². The number of aromatic nitrogens is 2. The lowest BCUT2D eigenvalue weighted by molar-refractivity contribution is -0.121. The molecule has 0 aliphatic rings. The Morgan fingerprint density at radius 1 is 0.900 bits per heavy atom. The average Bonchev–Trinajstić information content (AvgIpc) is 3.06. The molecule has 30 heavy (non-hydrogen) atoms. The number of rotatable bonds is 6. The van der Waals surface area contributed by atoms with E-state index in [-0.39, 0.29) is 18.6 Å². The molecule has 2 aromatic carbocycles. The SMILES string of the molecule is CCn1c(C)nc2cc(C(=O)NNC(=O)CCC(=O)c3ccc(C)c(C)c3)ccc21. The molecule has 0 atom stereocenters. The number of imidazole rings is 1. The van der Waals surface area contributed by atoms with Crippen molar-refractivity contribution in [2.75, 3.05) is 0 Å². The van der Waals surface area contributed by atoms with Crippen molar-refractivity contribution < 1.29 is 14.4 Å². The summed E-state index contributed by atoms with van der Waals surface area (Å²) in [4.78, 5) is 41.1. The third kappa shape index (κ3) is 4.56. The zero-order chi connectivity index (χ0) is 21.8. The van der Waals surface area contributed by atoms with Crippen LogP contribution in [0.25, 0.3) is 11.0 Å². The Morgan fingerprint density at radius 3 is 2.33 bits per heavy atom. The van der Waals surface area contributed by atoms with E-state index in [4.69, 9.17) is 0 Å². The minimum absolute atomic E-state index is 0.00876. The van der Waals surface area contributed by atoms with Crippen LogP contribution in [0.5, 0.6) is 0 Å². The van der Waals surface area contributed by atoms with Gasteiger partial charge in [0.1, 0.15) is 5.82 Å². The van der Waals surface area contributed by atoms with Gasteiger partial charge in [-0.25, -0.2) is 4.98 Å². The Labute approximate surface area is 175 Å². The van der Waals surface area contributed by atoms with Crippen LogP contribution in [-0.4, -0.2) is 27.1 Å². The van der Waals surface area contributed by atoms with Gasteiger partial charge in [-0.3, -0.25) is 25.2 Å². The second kappa shape index (κ2) is 8.90. The number of carbonyl (C=O) groups is 3. The van der Waals surface area contributed by atoms with Gasteiger partial charge in [-0.1, -0.05) is 12.1 Å². The normalized spacial score (nSPS) is 10.8. The van der Waals surface area contributed by atoms with Crippen molar-refractivity contribution in [2.24, 2.45) is 0 Å². The molecule has 0 fully saturated rings. The predicted octanol–water partition coefficient (Wildman–Crippen LogP) is 3.41. The summed E-state index contributed by atoms with van der Waals surface area (Å²) in [6.07, 6.45) is 0.0646. The molecule has 1 heterocycles. The maximum atomic E-state index is 12.4. The first kappa shape index (κ1) is 21.2. The number of fused-ring (bicyclic) bond motifs is 1. The van der Waals surface area contributed by atoms with Crippen LogP contribution in [0.3, 0.4) is 0 Å². The molecular formula is C23H26N4O3. The number of aryl methyl sites for hydroxylation is 4. The van der Waals surface area contributed by atoms with Crippen LogP contribution in [0.4, 0.5) is 0 Å². The lowest BCUT2D eigenvalue weighted by Gasteiger charge is -2.08. The van der Waals surface area contributed by atoms with E-state index in [9.17, 15) is 14.4 Å². The molecule has 0 unspecified atom stereocenters. The van der Waals surface area contributed by atoms with E-state index in [1.165, 1.54) is 0 Å². The molecule has 3 rings (SSSR count). The van der Waals surface area contributed by atoms with E-state index in [2.05, 4.69) is 20.4 Å². The molecule has 0 aliphatic carbocycles. The average molecular weight is 406 g/mol. The van der Waals surface area contributed by atoms with Gasteiger partial charge in [0.25, 0.3) is 5.91 Å². The monoisotopic (exact) mass is 406 g/mol. The highest BCUT2D eigenvalue weighted by Gasteiger charge is 2.13. The van der Waals surface area contributed by atoms with Gasteiger partial charge >= 0.3 is 0 Å². The highest BCUT2D eigenvalue weighted by molar-refractivity contribution is 6.00. The standard InChI is InChI=1S/C23H26N4O3/c1-5-27-16(4)24-19-13-18(8-9-20(19)27)23(30)26-25-22(29)11-10-21(28)17-7-6-14(2)15(3)12-17/h6-9,12-13H,5,10-11H2,1-4H3,(H,25,29)(H,26,30). The van der Waals surface area contributed by atoms with Crippen LogP contribution in [0.2, 0.25) is 0 Å². The summed E-state index contributed by atoms with van der Waals surface area (Å²) >= 11 is 0. The smallest absolute Gasteiger partial charge is 0.269 e. The topological polar surface area (TPSA) is 93.1 Å². The number of carbonyl (C=O) groups excluding carboxylic acids is 3. The third-order valence-electron chi connectivity index (χ3n) is 5.24. The fourth-order valence-electron chi connectivity index (χ4n) is 3.34. The number of amides is 2. The van der Waals surface area contributed by atoms with E-state index in [1.807, 2.05) is 45.9 Å². The van der Waals surface area contributed by atoms with Crippen LogP contribution in [0.15, 0.2) is 36.4 Å². The van der Waals surface area contributed by atoms with Gasteiger partial charge in [0.15, 0.2) is 5.78 Å². The molecular weight excluding hydrogens is 380 g/mol. The van der Waals surface area contributed by atoms with Crippen LogP contribution < -0.4 is 10.9 Å². The van der Waals surface area contributed by atoms with Crippen molar-refractivity contribution in [3.05, 3.63) is 64.5 Å². The van der Waals surface area contributed by atoms with Gasteiger partial charge in [-0.05, 0) is 63.1 Å². The molecule has 0 radical (unpaired) electrons. The number of hydrogen-bond acceptors (Lipinski definition) is 4. The van der Waals surface area contributed by atoms with Crippen molar-refractivity contribution >= 4 is 28.6 Å². The number of nitrogens with zero attached hydrogens (tertiary/aromatic N) is 2. The summed E-state index contributed by atoms with van der Waals surface area (Å²) in [7, 11) is 0.